The first kappa shape index (κ1) is 17.4. The first-order valence-corrected chi connectivity index (χ1v) is 9.92. The van der Waals surface area contributed by atoms with Crippen LogP contribution in [0.5, 0.6) is 0 Å². The smallest absolute Gasteiger partial charge is 0.179 e. The molecule has 0 aromatic heterocycles. The molecule has 1 aromatic rings. The minimum absolute atomic E-state index is 0.210. The molecule has 0 bridgehead atoms. The van der Waals surface area contributed by atoms with Crippen molar-refractivity contribution in [2.24, 2.45) is 0 Å². The van der Waals surface area contributed by atoms with E-state index in [0.29, 0.717) is 17.5 Å². The van der Waals surface area contributed by atoms with E-state index in [4.69, 9.17) is 0 Å². The molecule has 0 aliphatic carbocycles. The third-order valence-electron chi connectivity index (χ3n) is 4.52. The highest BCUT2D eigenvalue weighted by Crippen LogP contribution is 2.13. The second kappa shape index (κ2) is 8.09. The summed E-state index contributed by atoms with van der Waals surface area (Å²) in [5.41, 5.74) is 0. The molecule has 2 rings (SSSR count). The van der Waals surface area contributed by atoms with Crippen LogP contribution in [0.2, 0.25) is 0 Å². The molecule has 124 valence electrons. The summed E-state index contributed by atoms with van der Waals surface area (Å²) in [6.07, 6.45) is 2.46. The monoisotopic (exact) mass is 324 g/mol. The number of rotatable bonds is 7. The van der Waals surface area contributed by atoms with Crippen molar-refractivity contribution in [2.75, 3.05) is 38.5 Å². The van der Waals surface area contributed by atoms with Gasteiger partial charge in [0.05, 0.1) is 10.6 Å². The summed E-state index contributed by atoms with van der Waals surface area (Å²) < 4.78 is 24.6. The Morgan fingerprint density at radius 3 is 2.32 bits per heavy atom. The van der Waals surface area contributed by atoms with Gasteiger partial charge >= 0.3 is 0 Å². The Bertz CT molecular complexity index is 537. The second-order valence-electron chi connectivity index (χ2n) is 6.15. The lowest BCUT2D eigenvalue weighted by Crippen LogP contribution is -2.50. The van der Waals surface area contributed by atoms with Gasteiger partial charge in [0.2, 0.25) is 0 Å². The van der Waals surface area contributed by atoms with Crippen LogP contribution in [0.3, 0.4) is 0 Å². The lowest BCUT2D eigenvalue weighted by molar-refractivity contribution is 0.102. The van der Waals surface area contributed by atoms with Crippen molar-refractivity contribution in [1.82, 2.24) is 9.80 Å². The van der Waals surface area contributed by atoms with Gasteiger partial charge in [-0.05, 0) is 25.5 Å². The van der Waals surface area contributed by atoms with E-state index in [-0.39, 0.29) is 5.75 Å². The summed E-state index contributed by atoms with van der Waals surface area (Å²) in [6.45, 7) is 9.18. The van der Waals surface area contributed by atoms with E-state index in [1.165, 1.54) is 12.8 Å². The van der Waals surface area contributed by atoms with Crippen molar-refractivity contribution in [3.8, 4) is 0 Å². The molecule has 0 radical (unpaired) electrons. The molecule has 1 fully saturated rings. The zero-order chi connectivity index (χ0) is 16.0. The highest BCUT2D eigenvalue weighted by molar-refractivity contribution is 7.91. The predicted molar refractivity (Wildman–Crippen MR) is 90.9 cm³/mol. The molecular formula is C17H28N2O2S. The van der Waals surface area contributed by atoms with Gasteiger partial charge in [-0.15, -0.1) is 0 Å². The third-order valence-corrected chi connectivity index (χ3v) is 6.23. The molecule has 0 N–H and O–H groups in total. The fourth-order valence-corrected chi connectivity index (χ4v) is 4.33. The molecule has 0 saturated carbocycles. The number of piperazine rings is 1. The second-order valence-corrected chi connectivity index (χ2v) is 8.26. The standard InChI is InChI=1S/C17H28N2O2S/c1-3-7-16(2)19-12-10-18(11-13-19)14-15-22(20,21)17-8-5-4-6-9-17/h4-6,8-9,16H,3,7,10-15H2,1-2H3. The Morgan fingerprint density at radius 1 is 1.09 bits per heavy atom. The van der Waals surface area contributed by atoms with Crippen LogP contribution in [0.15, 0.2) is 35.2 Å². The fraction of sp³-hybridized carbons (Fsp3) is 0.647. The van der Waals surface area contributed by atoms with Crippen molar-refractivity contribution in [1.29, 1.82) is 0 Å². The molecule has 0 amide bonds. The van der Waals surface area contributed by atoms with Gasteiger partial charge in [-0.2, -0.15) is 0 Å². The van der Waals surface area contributed by atoms with E-state index >= 15 is 0 Å². The normalized spacial score (nSPS) is 19.2. The maximum atomic E-state index is 12.3. The molecule has 1 unspecified atom stereocenters. The van der Waals surface area contributed by atoms with Gasteiger partial charge in [-0.1, -0.05) is 31.5 Å². The molecule has 1 heterocycles. The Labute approximate surface area is 135 Å². The summed E-state index contributed by atoms with van der Waals surface area (Å²) in [4.78, 5) is 5.23. The summed E-state index contributed by atoms with van der Waals surface area (Å²) in [7, 11) is -3.15. The molecule has 22 heavy (non-hydrogen) atoms. The average molecular weight is 324 g/mol. The zero-order valence-corrected chi connectivity index (χ0v) is 14.6. The van der Waals surface area contributed by atoms with Gasteiger partial charge < -0.3 is 0 Å². The van der Waals surface area contributed by atoms with Crippen molar-refractivity contribution < 1.29 is 8.42 Å². The maximum absolute atomic E-state index is 12.3. The van der Waals surface area contributed by atoms with Crippen molar-refractivity contribution in [3.05, 3.63) is 30.3 Å². The van der Waals surface area contributed by atoms with E-state index in [0.717, 1.165) is 26.2 Å². The molecule has 1 saturated heterocycles. The van der Waals surface area contributed by atoms with Crippen LogP contribution in [-0.2, 0) is 9.84 Å². The van der Waals surface area contributed by atoms with Crippen molar-refractivity contribution in [2.45, 2.75) is 37.6 Å². The summed E-state index contributed by atoms with van der Waals surface area (Å²) in [5, 5.41) is 0. The average Bonchev–Trinajstić information content (AvgIpc) is 2.54. The quantitative estimate of drug-likeness (QED) is 0.771. The lowest BCUT2D eigenvalue weighted by atomic mass is 10.1. The highest BCUT2D eigenvalue weighted by atomic mass is 32.2. The van der Waals surface area contributed by atoms with Crippen LogP contribution < -0.4 is 0 Å². The van der Waals surface area contributed by atoms with Gasteiger partial charge in [-0.3, -0.25) is 9.80 Å². The molecule has 0 spiro atoms. The van der Waals surface area contributed by atoms with Gasteiger partial charge in [0.1, 0.15) is 0 Å². The molecule has 1 aromatic carbocycles. The largest absolute Gasteiger partial charge is 0.300 e. The minimum Gasteiger partial charge on any atom is -0.300 e. The van der Waals surface area contributed by atoms with Crippen LogP contribution in [0.1, 0.15) is 26.7 Å². The van der Waals surface area contributed by atoms with E-state index in [9.17, 15) is 8.42 Å². The molecule has 4 nitrogen and oxygen atoms in total. The maximum Gasteiger partial charge on any atom is 0.179 e. The van der Waals surface area contributed by atoms with E-state index in [1.54, 1.807) is 24.3 Å². The van der Waals surface area contributed by atoms with Crippen LogP contribution in [0.25, 0.3) is 0 Å². The fourth-order valence-electron chi connectivity index (χ4n) is 3.02. The van der Waals surface area contributed by atoms with E-state index < -0.39 is 9.84 Å². The predicted octanol–water partition coefficient (Wildman–Crippen LogP) is 2.27. The third kappa shape index (κ3) is 4.80. The Balaban J connectivity index is 1.80. The van der Waals surface area contributed by atoms with Gasteiger partial charge in [-0.25, -0.2) is 8.42 Å². The Hall–Kier alpha value is -0.910. The number of benzene rings is 1. The lowest BCUT2D eigenvalue weighted by Gasteiger charge is -2.38. The highest BCUT2D eigenvalue weighted by Gasteiger charge is 2.22. The van der Waals surface area contributed by atoms with Crippen LogP contribution in [0, 0.1) is 0 Å². The zero-order valence-electron chi connectivity index (χ0n) is 13.7. The molecule has 5 heteroatoms. The van der Waals surface area contributed by atoms with Crippen LogP contribution in [0.4, 0.5) is 0 Å². The van der Waals surface area contributed by atoms with Gasteiger partial charge in [0.25, 0.3) is 0 Å². The number of hydrogen-bond donors (Lipinski definition) is 0. The van der Waals surface area contributed by atoms with Crippen molar-refractivity contribution in [3.63, 3.8) is 0 Å². The topological polar surface area (TPSA) is 40.6 Å². The Morgan fingerprint density at radius 2 is 1.73 bits per heavy atom. The number of nitrogens with zero attached hydrogens (tertiary/aromatic N) is 2. The summed E-state index contributed by atoms with van der Waals surface area (Å²) >= 11 is 0. The first-order valence-electron chi connectivity index (χ1n) is 8.27. The molecule has 1 atom stereocenters. The molecule has 1 aliphatic heterocycles. The molecular weight excluding hydrogens is 296 g/mol. The number of sulfone groups is 1. The summed E-state index contributed by atoms with van der Waals surface area (Å²) in [5.74, 6) is 0.210. The SMILES string of the molecule is CCCC(C)N1CCN(CCS(=O)(=O)c2ccccc2)CC1. The van der Waals surface area contributed by atoms with Gasteiger partial charge in [0.15, 0.2) is 9.84 Å². The Kier molecular flexibility index (Phi) is 6.41. The van der Waals surface area contributed by atoms with Gasteiger partial charge in [0, 0.05) is 38.8 Å². The summed E-state index contributed by atoms with van der Waals surface area (Å²) in [6, 6.07) is 9.40. The first-order chi connectivity index (χ1) is 10.5. The van der Waals surface area contributed by atoms with Crippen LogP contribution >= 0.6 is 0 Å². The number of hydrogen-bond acceptors (Lipinski definition) is 4. The van der Waals surface area contributed by atoms with E-state index in [2.05, 4.69) is 23.6 Å². The minimum atomic E-state index is -3.15. The van der Waals surface area contributed by atoms with E-state index in [1.807, 2.05) is 6.07 Å². The van der Waals surface area contributed by atoms with Crippen LogP contribution in [-0.4, -0.2) is 62.7 Å². The van der Waals surface area contributed by atoms with Crippen molar-refractivity contribution >= 4 is 9.84 Å². The molecule has 1 aliphatic rings.